The Labute approximate surface area is 208 Å². The predicted molar refractivity (Wildman–Crippen MR) is 139 cm³/mol. The molecule has 0 aliphatic carbocycles. The lowest BCUT2D eigenvalue weighted by Crippen LogP contribution is -2.36. The summed E-state index contributed by atoms with van der Waals surface area (Å²) in [5.41, 5.74) is 6.40. The number of carbonyl (C=O) groups is 3. The molecule has 2 heterocycles. The molecule has 1 aliphatic heterocycles. The molecule has 1 saturated heterocycles. The molecular formula is C27H27N3O4S. The van der Waals surface area contributed by atoms with E-state index in [-0.39, 0.29) is 6.54 Å². The van der Waals surface area contributed by atoms with Crippen molar-refractivity contribution in [3.8, 4) is 11.4 Å². The summed E-state index contributed by atoms with van der Waals surface area (Å²) in [4.78, 5) is 39.4. The molecule has 0 atom stereocenters. The summed E-state index contributed by atoms with van der Waals surface area (Å²) in [6.45, 7) is 7.48. The zero-order valence-corrected chi connectivity index (χ0v) is 21.2. The molecule has 0 unspecified atom stereocenters. The van der Waals surface area contributed by atoms with E-state index in [1.807, 2.05) is 76.2 Å². The number of ether oxygens (including phenoxy) is 1. The number of anilines is 1. The molecule has 3 aromatic rings. The van der Waals surface area contributed by atoms with Gasteiger partial charge in [-0.15, -0.1) is 0 Å². The first kappa shape index (κ1) is 24.3. The first-order valence-corrected chi connectivity index (χ1v) is 12.0. The minimum Gasteiger partial charge on any atom is -0.497 e. The molecule has 0 bridgehead atoms. The van der Waals surface area contributed by atoms with Crippen molar-refractivity contribution in [2.24, 2.45) is 0 Å². The van der Waals surface area contributed by atoms with Crippen LogP contribution >= 0.6 is 11.8 Å². The summed E-state index contributed by atoms with van der Waals surface area (Å²) in [5, 5.41) is 2.33. The lowest BCUT2D eigenvalue weighted by Gasteiger charge is -2.14. The Kier molecular flexibility index (Phi) is 6.84. The highest BCUT2D eigenvalue weighted by Gasteiger charge is 2.36. The molecule has 1 aromatic heterocycles. The number of aryl methyl sites for hydroxylation is 3. The second-order valence-electron chi connectivity index (χ2n) is 8.49. The van der Waals surface area contributed by atoms with Crippen molar-refractivity contribution in [3.05, 3.63) is 81.5 Å². The van der Waals surface area contributed by atoms with Gasteiger partial charge in [-0.05, 0) is 93.1 Å². The number of nitrogens with zero attached hydrogens (tertiary/aromatic N) is 2. The molecule has 35 heavy (non-hydrogen) atoms. The lowest BCUT2D eigenvalue weighted by molar-refractivity contribution is -0.127. The first-order valence-electron chi connectivity index (χ1n) is 11.1. The monoisotopic (exact) mass is 489 g/mol. The van der Waals surface area contributed by atoms with Gasteiger partial charge in [0.15, 0.2) is 0 Å². The number of carbonyl (C=O) groups excluding carboxylic acids is 3. The van der Waals surface area contributed by atoms with Gasteiger partial charge >= 0.3 is 0 Å². The van der Waals surface area contributed by atoms with Crippen LogP contribution in [-0.4, -0.2) is 40.2 Å². The van der Waals surface area contributed by atoms with Crippen LogP contribution in [-0.2, 0) is 9.59 Å². The number of imide groups is 1. The number of thioether (sulfide) groups is 1. The maximum atomic E-state index is 13.0. The summed E-state index contributed by atoms with van der Waals surface area (Å²) in [7, 11) is 1.62. The highest BCUT2D eigenvalue weighted by molar-refractivity contribution is 8.18. The van der Waals surface area contributed by atoms with Gasteiger partial charge in [-0.2, -0.15) is 0 Å². The van der Waals surface area contributed by atoms with E-state index in [9.17, 15) is 14.4 Å². The molecule has 0 radical (unpaired) electrons. The van der Waals surface area contributed by atoms with Gasteiger partial charge in [-0.25, -0.2) is 0 Å². The minimum atomic E-state index is -0.468. The fourth-order valence-corrected chi connectivity index (χ4v) is 4.96. The number of rotatable bonds is 6. The van der Waals surface area contributed by atoms with Gasteiger partial charge in [0, 0.05) is 22.8 Å². The van der Waals surface area contributed by atoms with E-state index in [2.05, 4.69) is 9.88 Å². The quantitative estimate of drug-likeness (QED) is 0.469. The van der Waals surface area contributed by atoms with Crippen LogP contribution in [0.1, 0.15) is 28.1 Å². The van der Waals surface area contributed by atoms with Crippen LogP contribution in [0.15, 0.2) is 53.4 Å². The number of benzene rings is 2. The standard InChI is InChI=1S/C27H27N3O4S/c1-16-6-11-23(17(2)12-16)28-25(31)15-29-26(32)24(35-27(29)33)14-20-13-18(3)30(19(20)4)21-7-9-22(34-5)10-8-21/h6-14H,15H2,1-5H3,(H,28,31)/b24-14-. The Bertz CT molecular complexity index is 1360. The van der Waals surface area contributed by atoms with Gasteiger partial charge in [-0.1, -0.05) is 17.7 Å². The van der Waals surface area contributed by atoms with Crippen molar-refractivity contribution in [3.63, 3.8) is 0 Å². The van der Waals surface area contributed by atoms with Crippen molar-refractivity contribution in [2.45, 2.75) is 27.7 Å². The number of hydrogen-bond acceptors (Lipinski definition) is 5. The van der Waals surface area contributed by atoms with E-state index < -0.39 is 17.1 Å². The molecule has 7 nitrogen and oxygen atoms in total. The summed E-state index contributed by atoms with van der Waals surface area (Å²) in [5.74, 6) is -0.116. The first-order chi connectivity index (χ1) is 16.7. The van der Waals surface area contributed by atoms with Crippen LogP contribution in [0.2, 0.25) is 0 Å². The SMILES string of the molecule is COc1ccc(-n2c(C)cc(/C=C3\SC(=O)N(CC(=O)Nc4ccc(C)cc4C)C3=O)c2C)cc1. The fourth-order valence-electron chi connectivity index (χ4n) is 4.13. The highest BCUT2D eigenvalue weighted by atomic mass is 32.2. The van der Waals surface area contributed by atoms with Gasteiger partial charge in [0.2, 0.25) is 5.91 Å². The van der Waals surface area contributed by atoms with Crippen molar-refractivity contribution < 1.29 is 19.1 Å². The molecule has 3 amide bonds. The Morgan fingerprint density at radius 2 is 1.74 bits per heavy atom. The number of amides is 3. The van der Waals surface area contributed by atoms with E-state index in [0.717, 1.165) is 56.2 Å². The molecule has 2 aromatic carbocycles. The molecule has 8 heteroatoms. The van der Waals surface area contributed by atoms with Crippen molar-refractivity contribution in [1.82, 2.24) is 9.47 Å². The molecule has 1 fully saturated rings. The fraction of sp³-hybridized carbons (Fsp3) is 0.222. The smallest absolute Gasteiger partial charge is 0.294 e. The number of hydrogen-bond donors (Lipinski definition) is 1. The zero-order chi connectivity index (χ0) is 25.3. The average molecular weight is 490 g/mol. The van der Waals surface area contributed by atoms with Crippen LogP contribution in [0, 0.1) is 27.7 Å². The molecule has 4 rings (SSSR count). The Morgan fingerprint density at radius 3 is 2.40 bits per heavy atom. The third-order valence-corrected chi connectivity index (χ3v) is 6.83. The zero-order valence-electron chi connectivity index (χ0n) is 20.3. The minimum absolute atomic E-state index is 0.296. The van der Waals surface area contributed by atoms with E-state index in [0.29, 0.717) is 10.6 Å². The largest absolute Gasteiger partial charge is 0.497 e. The van der Waals surface area contributed by atoms with Gasteiger partial charge in [0.1, 0.15) is 12.3 Å². The highest BCUT2D eigenvalue weighted by Crippen LogP contribution is 2.34. The Balaban J connectivity index is 1.52. The maximum Gasteiger partial charge on any atom is 0.294 e. The molecular weight excluding hydrogens is 462 g/mol. The number of aromatic nitrogens is 1. The molecule has 1 N–H and O–H groups in total. The topological polar surface area (TPSA) is 80.6 Å². The van der Waals surface area contributed by atoms with Crippen molar-refractivity contribution >= 4 is 40.6 Å². The molecule has 0 spiro atoms. The Morgan fingerprint density at radius 1 is 1.03 bits per heavy atom. The van der Waals surface area contributed by atoms with Gasteiger partial charge in [0.25, 0.3) is 11.1 Å². The van der Waals surface area contributed by atoms with Gasteiger partial charge < -0.3 is 14.6 Å². The van der Waals surface area contributed by atoms with Crippen molar-refractivity contribution in [1.29, 1.82) is 0 Å². The predicted octanol–water partition coefficient (Wildman–Crippen LogP) is 5.39. The van der Waals surface area contributed by atoms with E-state index in [1.165, 1.54) is 0 Å². The van der Waals surface area contributed by atoms with E-state index >= 15 is 0 Å². The lowest BCUT2D eigenvalue weighted by atomic mass is 10.1. The number of nitrogens with one attached hydrogen (secondary N) is 1. The molecule has 1 aliphatic rings. The normalized spacial score (nSPS) is 14.7. The van der Waals surface area contributed by atoms with E-state index in [1.54, 1.807) is 13.2 Å². The van der Waals surface area contributed by atoms with Crippen molar-refractivity contribution in [2.75, 3.05) is 19.0 Å². The van der Waals surface area contributed by atoms with Crippen LogP contribution < -0.4 is 10.1 Å². The van der Waals surface area contributed by atoms with Crippen LogP contribution in [0.25, 0.3) is 11.8 Å². The second-order valence-corrected chi connectivity index (χ2v) is 9.49. The number of methoxy groups -OCH3 is 1. The summed E-state index contributed by atoms with van der Waals surface area (Å²) in [6, 6.07) is 15.4. The molecule has 0 saturated carbocycles. The maximum absolute atomic E-state index is 13.0. The third-order valence-electron chi connectivity index (χ3n) is 5.92. The second kappa shape index (κ2) is 9.84. The summed E-state index contributed by atoms with van der Waals surface area (Å²) < 4.78 is 7.31. The molecule has 180 valence electrons. The summed E-state index contributed by atoms with van der Waals surface area (Å²) in [6.07, 6.45) is 1.72. The third kappa shape index (κ3) is 5.02. The van der Waals surface area contributed by atoms with E-state index in [4.69, 9.17) is 4.74 Å². The van der Waals surface area contributed by atoms with Crippen LogP contribution in [0.5, 0.6) is 5.75 Å². The van der Waals surface area contributed by atoms with Crippen LogP contribution in [0.4, 0.5) is 10.5 Å². The van der Waals surface area contributed by atoms with Gasteiger partial charge in [0.05, 0.1) is 12.0 Å². The van der Waals surface area contributed by atoms with Crippen LogP contribution in [0.3, 0.4) is 0 Å². The Hall–Kier alpha value is -3.78. The average Bonchev–Trinajstić information content (AvgIpc) is 3.24. The summed E-state index contributed by atoms with van der Waals surface area (Å²) >= 11 is 0.847. The van der Waals surface area contributed by atoms with Gasteiger partial charge in [-0.3, -0.25) is 19.3 Å².